The third-order valence-electron chi connectivity index (χ3n) is 3.34. The highest BCUT2D eigenvalue weighted by atomic mass is 127. The molecule has 0 bridgehead atoms. The minimum atomic E-state index is 0.472. The van der Waals surface area contributed by atoms with E-state index in [2.05, 4.69) is 42.8 Å². The van der Waals surface area contributed by atoms with Crippen molar-refractivity contribution in [2.45, 2.75) is 11.8 Å². The van der Waals surface area contributed by atoms with Gasteiger partial charge < -0.3 is 4.74 Å². The number of halogens is 1. The Kier molecular flexibility index (Phi) is 4.12. The zero-order valence-electron chi connectivity index (χ0n) is 12.0. The number of nitrogens with one attached hydrogen (secondary N) is 1. The number of aromatic nitrogens is 4. The molecule has 0 saturated carbocycles. The monoisotopic (exact) mass is 454 g/mol. The largest absolute Gasteiger partial charge is 0.472 e. The number of thioether (sulfide) groups is 1. The summed E-state index contributed by atoms with van der Waals surface area (Å²) < 4.78 is 8.12. The van der Waals surface area contributed by atoms with Crippen LogP contribution in [0.25, 0.3) is 20.4 Å². The Morgan fingerprint density at radius 2 is 2.09 bits per heavy atom. The Morgan fingerprint density at radius 1 is 1.26 bits per heavy atom. The molecule has 0 aliphatic heterocycles. The van der Waals surface area contributed by atoms with Gasteiger partial charge >= 0.3 is 0 Å². The van der Waals surface area contributed by atoms with Gasteiger partial charge in [0.05, 0.1) is 4.70 Å². The number of aromatic amines is 1. The highest BCUT2D eigenvalue weighted by Crippen LogP contribution is 2.39. The molecule has 0 spiro atoms. The van der Waals surface area contributed by atoms with E-state index in [-0.39, 0.29) is 0 Å². The Labute approximate surface area is 154 Å². The van der Waals surface area contributed by atoms with E-state index in [0.717, 1.165) is 29.7 Å². The number of hydrogen-bond donors (Lipinski definition) is 1. The van der Waals surface area contributed by atoms with Crippen molar-refractivity contribution in [3.05, 3.63) is 39.6 Å². The van der Waals surface area contributed by atoms with Crippen LogP contribution in [0.1, 0.15) is 5.56 Å². The van der Waals surface area contributed by atoms with Crippen LogP contribution in [0, 0.1) is 3.70 Å². The lowest BCUT2D eigenvalue weighted by atomic mass is 10.2. The van der Waals surface area contributed by atoms with Crippen LogP contribution in [0.2, 0.25) is 0 Å². The van der Waals surface area contributed by atoms with Crippen LogP contribution < -0.4 is 4.74 Å². The number of hydrogen-bond acceptors (Lipinski definition) is 6. The Hall–Kier alpha value is -1.39. The maximum absolute atomic E-state index is 6.01. The Morgan fingerprint density at radius 3 is 2.87 bits per heavy atom. The molecule has 1 N–H and O–H groups in total. The molecule has 23 heavy (non-hydrogen) atoms. The fourth-order valence-electron chi connectivity index (χ4n) is 2.27. The predicted octanol–water partition coefficient (Wildman–Crippen LogP) is 4.47. The van der Waals surface area contributed by atoms with Crippen LogP contribution in [0.5, 0.6) is 5.88 Å². The lowest BCUT2D eigenvalue weighted by molar-refractivity contribution is 0.295. The number of H-pyrrole nitrogens is 1. The maximum atomic E-state index is 6.01. The van der Waals surface area contributed by atoms with Gasteiger partial charge in [-0.05, 0) is 34.4 Å². The van der Waals surface area contributed by atoms with Gasteiger partial charge in [-0.3, -0.25) is 5.10 Å². The molecular formula is C15H11IN4OS2. The fraction of sp³-hybridized carbons (Fsp3) is 0.133. The summed E-state index contributed by atoms with van der Waals surface area (Å²) in [5.74, 6) is 0.595. The maximum Gasteiger partial charge on any atom is 0.229 e. The molecule has 1 aromatic carbocycles. The summed E-state index contributed by atoms with van der Waals surface area (Å²) in [6.45, 7) is 0.472. The topological polar surface area (TPSA) is 63.7 Å². The Balaban J connectivity index is 1.82. The molecule has 4 aromatic rings. The number of thiophene rings is 1. The molecule has 0 unspecified atom stereocenters. The average molecular weight is 454 g/mol. The summed E-state index contributed by atoms with van der Waals surface area (Å²) >= 11 is 5.37. The zero-order valence-corrected chi connectivity index (χ0v) is 15.8. The molecule has 3 heterocycles. The summed E-state index contributed by atoms with van der Waals surface area (Å²) in [6, 6.07) is 10.1. The van der Waals surface area contributed by atoms with E-state index >= 15 is 0 Å². The van der Waals surface area contributed by atoms with Crippen molar-refractivity contribution in [2.24, 2.45) is 0 Å². The van der Waals surface area contributed by atoms with Crippen LogP contribution in [-0.2, 0) is 6.61 Å². The summed E-state index contributed by atoms with van der Waals surface area (Å²) in [7, 11) is 0. The smallest absolute Gasteiger partial charge is 0.229 e. The van der Waals surface area contributed by atoms with E-state index in [1.165, 1.54) is 11.8 Å². The van der Waals surface area contributed by atoms with Crippen molar-refractivity contribution in [3.8, 4) is 5.88 Å². The van der Waals surface area contributed by atoms with Gasteiger partial charge in [0.2, 0.25) is 5.88 Å². The minimum absolute atomic E-state index is 0.472. The molecule has 0 atom stereocenters. The van der Waals surface area contributed by atoms with Crippen molar-refractivity contribution >= 4 is 66.1 Å². The van der Waals surface area contributed by atoms with Crippen LogP contribution in [0.3, 0.4) is 0 Å². The van der Waals surface area contributed by atoms with Crippen molar-refractivity contribution in [1.82, 2.24) is 20.2 Å². The molecule has 5 nitrogen and oxygen atoms in total. The van der Waals surface area contributed by atoms with Crippen molar-refractivity contribution in [3.63, 3.8) is 0 Å². The third-order valence-corrected chi connectivity index (χ3v) is 6.12. The lowest BCUT2D eigenvalue weighted by Gasteiger charge is -2.07. The second kappa shape index (κ2) is 6.25. The van der Waals surface area contributed by atoms with Crippen LogP contribution >= 0.6 is 45.7 Å². The summed E-state index contributed by atoms with van der Waals surface area (Å²) in [4.78, 5) is 10.1. The summed E-state index contributed by atoms with van der Waals surface area (Å²) in [5.41, 5.74) is 1.98. The highest BCUT2D eigenvalue weighted by molar-refractivity contribution is 14.1. The first-order valence-corrected chi connectivity index (χ1v) is 9.93. The number of benzene rings is 1. The Bertz CT molecular complexity index is 983. The van der Waals surface area contributed by atoms with Gasteiger partial charge in [0.15, 0.2) is 5.16 Å². The molecule has 0 aliphatic rings. The third kappa shape index (κ3) is 2.79. The molecule has 0 fully saturated rings. The van der Waals surface area contributed by atoms with Gasteiger partial charge in [0.1, 0.15) is 26.0 Å². The van der Waals surface area contributed by atoms with Crippen LogP contribution in [0.15, 0.2) is 35.5 Å². The van der Waals surface area contributed by atoms with E-state index in [0.29, 0.717) is 17.6 Å². The van der Waals surface area contributed by atoms with E-state index in [1.807, 2.05) is 36.6 Å². The molecule has 0 saturated heterocycles. The van der Waals surface area contributed by atoms with Gasteiger partial charge in [-0.15, -0.1) is 11.3 Å². The van der Waals surface area contributed by atoms with Gasteiger partial charge in [-0.1, -0.05) is 42.1 Å². The van der Waals surface area contributed by atoms with Crippen LogP contribution in [0.4, 0.5) is 0 Å². The van der Waals surface area contributed by atoms with E-state index in [1.54, 1.807) is 11.3 Å². The summed E-state index contributed by atoms with van der Waals surface area (Å²) in [6.07, 6.45) is 1.96. The van der Waals surface area contributed by atoms with Gasteiger partial charge in [-0.2, -0.15) is 10.1 Å². The molecule has 0 amide bonds. The fourth-order valence-corrected chi connectivity index (χ4v) is 4.38. The van der Waals surface area contributed by atoms with Gasteiger partial charge in [-0.25, -0.2) is 4.98 Å². The quantitative estimate of drug-likeness (QED) is 0.280. The predicted molar refractivity (Wildman–Crippen MR) is 102 cm³/mol. The van der Waals surface area contributed by atoms with Crippen molar-refractivity contribution in [2.75, 3.05) is 6.26 Å². The first-order chi connectivity index (χ1) is 11.3. The van der Waals surface area contributed by atoms with E-state index in [9.17, 15) is 0 Å². The van der Waals surface area contributed by atoms with Gasteiger partial charge in [0.25, 0.3) is 0 Å². The first-order valence-electron chi connectivity index (χ1n) is 6.81. The lowest BCUT2D eigenvalue weighted by Crippen LogP contribution is -1.99. The summed E-state index contributed by atoms with van der Waals surface area (Å²) in [5, 5.41) is 9.00. The second-order valence-corrected chi connectivity index (χ2v) is 7.64. The molecule has 3 aromatic heterocycles. The first kappa shape index (κ1) is 15.2. The molecule has 116 valence electrons. The SMILES string of the molecule is CSc1nc(OCc2ccccc2)c2c(n1)sc1c(I)[nH]nc12. The normalized spacial score (nSPS) is 11.4. The number of nitrogens with zero attached hydrogens (tertiary/aromatic N) is 3. The number of fused-ring (bicyclic) bond motifs is 3. The highest BCUT2D eigenvalue weighted by Gasteiger charge is 2.19. The van der Waals surface area contributed by atoms with Gasteiger partial charge in [0, 0.05) is 0 Å². The number of rotatable bonds is 4. The minimum Gasteiger partial charge on any atom is -0.472 e. The molecule has 0 radical (unpaired) electrons. The van der Waals surface area contributed by atoms with Crippen LogP contribution in [-0.4, -0.2) is 26.4 Å². The average Bonchev–Trinajstić information content (AvgIpc) is 3.13. The number of ether oxygens (including phenoxy) is 1. The molecule has 0 aliphatic carbocycles. The zero-order chi connectivity index (χ0) is 15.8. The van der Waals surface area contributed by atoms with Crippen molar-refractivity contribution in [1.29, 1.82) is 0 Å². The van der Waals surface area contributed by atoms with Crippen molar-refractivity contribution < 1.29 is 4.74 Å². The molecule has 8 heteroatoms. The standard InChI is InChI=1S/C15H11IN4OS2/c1-22-15-17-13(21-7-8-5-3-2-4-6-8)9-10-11(12(16)20-19-10)23-14(9)18-15/h2-6H,7H2,1H3,(H,19,20). The van der Waals surface area contributed by atoms with E-state index in [4.69, 9.17) is 4.74 Å². The molecule has 4 rings (SSSR count). The molecular weight excluding hydrogens is 443 g/mol. The van der Waals surface area contributed by atoms with E-state index < -0.39 is 0 Å². The second-order valence-electron chi connectivity index (χ2n) is 4.79.